The van der Waals surface area contributed by atoms with Crippen LogP contribution in [0.1, 0.15) is 32.1 Å². The van der Waals surface area contributed by atoms with E-state index in [1.54, 1.807) is 0 Å². The molecule has 158 valence electrons. The number of benzene rings is 1. The van der Waals surface area contributed by atoms with Crippen molar-refractivity contribution in [1.82, 2.24) is 0 Å². The third kappa shape index (κ3) is 4.85. The number of nitrogens with two attached hydrogens (primary N) is 1. The number of halogens is 3. The van der Waals surface area contributed by atoms with Gasteiger partial charge in [0.05, 0.1) is 18.0 Å². The SMILES string of the molecule is NS(=O)(=O)c1c(F)c(F)c(S(=O)(=O)CCO)c(N[C@@H]2CC/C=C\CCC2)c1F. The Morgan fingerprint density at radius 1 is 1.00 bits per heavy atom. The summed E-state index contributed by atoms with van der Waals surface area (Å²) in [4.78, 5) is -3.11. The standard InChI is InChI=1S/C16H21F3N2O5S2/c17-11-12(18)16(27(23,24)9-8-22)14(13(19)15(11)28(20,25)26)21-10-6-4-2-1-3-5-7-10/h1-2,10,21-22H,3-9H2,(H2,20,25,26)/b2-1-/t10-/m1/s1. The van der Waals surface area contributed by atoms with Crippen molar-refractivity contribution in [3.05, 3.63) is 29.6 Å². The molecule has 0 saturated heterocycles. The van der Waals surface area contributed by atoms with Crippen LogP contribution >= 0.6 is 0 Å². The highest BCUT2D eigenvalue weighted by atomic mass is 32.2. The summed E-state index contributed by atoms with van der Waals surface area (Å²) in [6, 6.07) is -0.513. The second-order valence-electron chi connectivity index (χ2n) is 6.38. The van der Waals surface area contributed by atoms with Crippen LogP contribution in [0, 0.1) is 17.5 Å². The molecule has 4 N–H and O–H groups in total. The van der Waals surface area contributed by atoms with Crippen molar-refractivity contribution in [3.8, 4) is 0 Å². The number of aliphatic hydroxyl groups is 1. The number of hydrogen-bond donors (Lipinski definition) is 3. The molecule has 1 aliphatic rings. The summed E-state index contributed by atoms with van der Waals surface area (Å²) in [5.74, 6) is -7.09. The Morgan fingerprint density at radius 2 is 1.61 bits per heavy atom. The average Bonchev–Trinajstić information content (AvgIpc) is 2.53. The van der Waals surface area contributed by atoms with E-state index in [1.165, 1.54) is 0 Å². The third-order valence-electron chi connectivity index (χ3n) is 4.31. The van der Waals surface area contributed by atoms with Crippen molar-refractivity contribution in [3.63, 3.8) is 0 Å². The number of aliphatic hydroxyl groups excluding tert-OH is 1. The van der Waals surface area contributed by atoms with E-state index in [1.807, 2.05) is 12.2 Å². The molecule has 0 saturated carbocycles. The van der Waals surface area contributed by atoms with Crippen molar-refractivity contribution >= 4 is 25.5 Å². The number of sulfone groups is 1. The minimum Gasteiger partial charge on any atom is -0.395 e. The first-order chi connectivity index (χ1) is 13.0. The Kier molecular flexibility index (Phi) is 7.12. The van der Waals surface area contributed by atoms with Crippen molar-refractivity contribution in [1.29, 1.82) is 0 Å². The molecule has 12 heteroatoms. The van der Waals surface area contributed by atoms with Gasteiger partial charge >= 0.3 is 0 Å². The van der Waals surface area contributed by atoms with Gasteiger partial charge in [-0.3, -0.25) is 0 Å². The van der Waals surface area contributed by atoms with E-state index < -0.39 is 71.2 Å². The van der Waals surface area contributed by atoms with E-state index >= 15 is 0 Å². The molecule has 0 aliphatic heterocycles. The average molecular weight is 442 g/mol. The molecule has 0 amide bonds. The summed E-state index contributed by atoms with van der Waals surface area (Å²) >= 11 is 0. The summed E-state index contributed by atoms with van der Waals surface area (Å²) < 4.78 is 91.5. The zero-order valence-corrected chi connectivity index (χ0v) is 16.4. The highest BCUT2D eigenvalue weighted by Gasteiger charge is 2.36. The van der Waals surface area contributed by atoms with Crippen LogP contribution in [0.25, 0.3) is 0 Å². The molecule has 0 heterocycles. The Labute approximate surface area is 161 Å². The van der Waals surface area contributed by atoms with E-state index in [-0.39, 0.29) is 0 Å². The summed E-state index contributed by atoms with van der Waals surface area (Å²) in [7, 11) is -9.69. The van der Waals surface area contributed by atoms with Crippen LogP contribution < -0.4 is 10.5 Å². The maximum atomic E-state index is 14.9. The predicted molar refractivity (Wildman–Crippen MR) is 96.5 cm³/mol. The van der Waals surface area contributed by atoms with Crippen molar-refractivity contribution in [2.24, 2.45) is 5.14 Å². The molecule has 0 unspecified atom stereocenters. The lowest BCUT2D eigenvalue weighted by Gasteiger charge is -2.24. The van der Waals surface area contributed by atoms with Gasteiger partial charge in [-0.1, -0.05) is 12.2 Å². The van der Waals surface area contributed by atoms with Gasteiger partial charge in [0, 0.05) is 6.04 Å². The van der Waals surface area contributed by atoms with Crippen LogP contribution in [0.4, 0.5) is 18.9 Å². The molecule has 1 aromatic carbocycles. The molecule has 0 bridgehead atoms. The van der Waals surface area contributed by atoms with E-state index in [4.69, 9.17) is 10.2 Å². The summed E-state index contributed by atoms with van der Waals surface area (Å²) in [5, 5.41) is 16.3. The van der Waals surface area contributed by atoms with E-state index in [0.29, 0.717) is 25.7 Å². The molecular weight excluding hydrogens is 421 g/mol. The zero-order chi connectivity index (χ0) is 21.1. The number of sulfonamides is 1. The Balaban J connectivity index is 2.72. The van der Waals surface area contributed by atoms with Crippen LogP contribution in [-0.4, -0.2) is 40.3 Å². The third-order valence-corrected chi connectivity index (χ3v) is 6.97. The fourth-order valence-corrected chi connectivity index (χ4v) is 4.98. The van der Waals surface area contributed by atoms with Gasteiger partial charge < -0.3 is 10.4 Å². The van der Waals surface area contributed by atoms with E-state index in [0.717, 1.165) is 6.42 Å². The highest BCUT2D eigenvalue weighted by Crippen LogP contribution is 2.36. The van der Waals surface area contributed by atoms with Crippen LogP contribution in [-0.2, 0) is 19.9 Å². The number of allylic oxidation sites excluding steroid dienone is 2. The van der Waals surface area contributed by atoms with Gasteiger partial charge in [0.25, 0.3) is 0 Å². The lowest BCUT2D eigenvalue weighted by Crippen LogP contribution is -2.27. The van der Waals surface area contributed by atoms with Crippen molar-refractivity contribution < 1.29 is 35.1 Å². The lowest BCUT2D eigenvalue weighted by atomic mass is 10.0. The molecule has 2 rings (SSSR count). The summed E-state index contributed by atoms with van der Waals surface area (Å²) in [6.45, 7) is -0.921. The fourth-order valence-electron chi connectivity index (χ4n) is 3.02. The molecule has 0 spiro atoms. The summed E-state index contributed by atoms with van der Waals surface area (Å²) in [6.07, 6.45) is 6.71. The first kappa shape index (κ1) is 22.7. The Morgan fingerprint density at radius 3 is 2.21 bits per heavy atom. The molecule has 0 fully saturated rings. The lowest BCUT2D eigenvalue weighted by molar-refractivity contribution is 0.319. The quantitative estimate of drug-likeness (QED) is 0.456. The van der Waals surface area contributed by atoms with E-state index in [9.17, 15) is 30.0 Å². The van der Waals surface area contributed by atoms with Gasteiger partial charge in [0.1, 0.15) is 4.90 Å². The number of hydrogen-bond acceptors (Lipinski definition) is 6. The Hall–Kier alpha value is -1.63. The van der Waals surface area contributed by atoms with Gasteiger partial charge in [0.15, 0.2) is 32.2 Å². The zero-order valence-electron chi connectivity index (χ0n) is 14.8. The maximum Gasteiger partial charge on any atom is 0.244 e. The van der Waals surface area contributed by atoms with Gasteiger partial charge in [-0.05, 0) is 32.1 Å². The second-order valence-corrected chi connectivity index (χ2v) is 9.93. The molecule has 0 radical (unpaired) electrons. The summed E-state index contributed by atoms with van der Waals surface area (Å²) in [5.41, 5.74) is -0.995. The fraction of sp³-hybridized carbons (Fsp3) is 0.500. The van der Waals surface area contributed by atoms with Gasteiger partial charge in [-0.25, -0.2) is 35.1 Å². The first-order valence-corrected chi connectivity index (χ1v) is 11.7. The molecular formula is C16H21F3N2O5S2. The maximum absolute atomic E-state index is 14.9. The van der Waals surface area contributed by atoms with Gasteiger partial charge in [0.2, 0.25) is 10.0 Å². The molecule has 7 nitrogen and oxygen atoms in total. The molecule has 1 atom stereocenters. The highest BCUT2D eigenvalue weighted by molar-refractivity contribution is 7.91. The number of primary sulfonamides is 1. The van der Waals surface area contributed by atoms with Crippen LogP contribution in [0.2, 0.25) is 0 Å². The number of anilines is 1. The smallest absolute Gasteiger partial charge is 0.244 e. The van der Waals surface area contributed by atoms with Crippen molar-refractivity contribution in [2.45, 2.75) is 47.9 Å². The molecule has 1 aromatic rings. The second kappa shape index (κ2) is 8.80. The molecule has 0 aromatic heterocycles. The van der Waals surface area contributed by atoms with Crippen molar-refractivity contribution in [2.75, 3.05) is 17.7 Å². The number of nitrogens with one attached hydrogen (secondary N) is 1. The van der Waals surface area contributed by atoms with Crippen LogP contribution in [0.15, 0.2) is 21.9 Å². The first-order valence-electron chi connectivity index (χ1n) is 8.49. The van der Waals surface area contributed by atoms with E-state index in [2.05, 4.69) is 5.32 Å². The van der Waals surface area contributed by atoms with Gasteiger partial charge in [-0.15, -0.1) is 0 Å². The van der Waals surface area contributed by atoms with Gasteiger partial charge in [-0.2, -0.15) is 0 Å². The Bertz CT molecular complexity index is 979. The normalized spacial score (nSPS) is 19.7. The minimum absolute atomic E-state index is 0.430. The predicted octanol–water partition coefficient (Wildman–Crippen LogP) is 1.82. The topological polar surface area (TPSA) is 127 Å². The molecule has 1 aliphatic carbocycles. The van der Waals surface area contributed by atoms with Crippen LogP contribution in [0.5, 0.6) is 0 Å². The molecule has 28 heavy (non-hydrogen) atoms. The van der Waals surface area contributed by atoms with Crippen LogP contribution in [0.3, 0.4) is 0 Å². The minimum atomic E-state index is -5.02. The number of rotatable bonds is 6. The monoisotopic (exact) mass is 442 g/mol. The largest absolute Gasteiger partial charge is 0.395 e.